The van der Waals surface area contributed by atoms with Gasteiger partial charge in [0, 0.05) is 25.4 Å². The van der Waals surface area contributed by atoms with Crippen molar-refractivity contribution >= 4 is 17.7 Å². The van der Waals surface area contributed by atoms with Crippen LogP contribution in [-0.2, 0) is 0 Å². The van der Waals surface area contributed by atoms with Gasteiger partial charge >= 0.3 is 0 Å². The fraction of sp³-hybridized carbons (Fsp3) is 0.833. The first-order valence-electron chi connectivity index (χ1n) is 9.01. The molecule has 2 N–H and O–H groups in total. The van der Waals surface area contributed by atoms with Crippen LogP contribution in [0, 0.1) is 0 Å². The molecular formula is C18H35N3OS. The van der Waals surface area contributed by atoms with Crippen LogP contribution in [0.3, 0.4) is 0 Å². The summed E-state index contributed by atoms with van der Waals surface area (Å²) in [4.78, 5) is 6.89. The van der Waals surface area contributed by atoms with Crippen molar-refractivity contribution in [3.8, 4) is 0 Å². The molecule has 0 spiro atoms. The molecule has 1 aliphatic rings. The molecule has 5 heteroatoms. The van der Waals surface area contributed by atoms with Gasteiger partial charge in [0.1, 0.15) is 0 Å². The Labute approximate surface area is 146 Å². The molecule has 0 radical (unpaired) electrons. The molecule has 0 saturated heterocycles. The quantitative estimate of drug-likeness (QED) is 0.262. The largest absolute Gasteiger partial charge is 0.387 e. The smallest absolute Gasteiger partial charge is 0.193 e. The van der Waals surface area contributed by atoms with Crippen molar-refractivity contribution in [3.05, 3.63) is 12.7 Å². The van der Waals surface area contributed by atoms with Gasteiger partial charge in [-0.05, 0) is 44.8 Å². The van der Waals surface area contributed by atoms with Crippen molar-refractivity contribution in [2.24, 2.45) is 4.99 Å². The Morgan fingerprint density at radius 2 is 2.22 bits per heavy atom. The third-order valence-electron chi connectivity index (χ3n) is 4.41. The zero-order chi connectivity index (χ0) is 17.1. The molecule has 0 aromatic heterocycles. The highest BCUT2D eigenvalue weighted by Crippen LogP contribution is 2.41. The Balaban J connectivity index is 2.47. The van der Waals surface area contributed by atoms with Crippen molar-refractivity contribution in [2.75, 3.05) is 32.4 Å². The van der Waals surface area contributed by atoms with Crippen LogP contribution >= 0.6 is 11.8 Å². The molecule has 1 fully saturated rings. The van der Waals surface area contributed by atoms with Crippen molar-refractivity contribution in [1.29, 1.82) is 0 Å². The summed E-state index contributed by atoms with van der Waals surface area (Å²) < 4.78 is 0. The van der Waals surface area contributed by atoms with Gasteiger partial charge in [0.25, 0.3) is 0 Å². The molecule has 0 heterocycles. The maximum absolute atomic E-state index is 10.7. The van der Waals surface area contributed by atoms with Gasteiger partial charge in [-0.1, -0.05) is 19.4 Å². The highest BCUT2D eigenvalue weighted by atomic mass is 32.2. The molecule has 1 saturated carbocycles. The standard InChI is InChI=1S/C18H35N3OS/c1-5-8-9-10-11-14-21(4)17(19-6-2)20-15-18(22)13-12-16(18)23-7-3/h5,16,22H,1,6-15H2,2-4H3,(H,19,20). The summed E-state index contributed by atoms with van der Waals surface area (Å²) in [6.07, 6.45) is 8.66. The Hall–Kier alpha value is -0.680. The van der Waals surface area contributed by atoms with E-state index in [2.05, 4.69) is 37.7 Å². The van der Waals surface area contributed by atoms with Crippen molar-refractivity contribution in [2.45, 2.75) is 63.2 Å². The Kier molecular flexibility index (Phi) is 9.72. The number of nitrogens with one attached hydrogen (secondary N) is 1. The van der Waals surface area contributed by atoms with Crippen molar-refractivity contribution < 1.29 is 5.11 Å². The minimum atomic E-state index is -0.605. The molecule has 2 atom stereocenters. The SMILES string of the molecule is C=CCCCCCN(C)C(=NCC1(O)CCC1SCC)NCC. The van der Waals surface area contributed by atoms with E-state index in [1.165, 1.54) is 12.8 Å². The highest BCUT2D eigenvalue weighted by molar-refractivity contribution is 8.00. The van der Waals surface area contributed by atoms with E-state index in [4.69, 9.17) is 4.99 Å². The lowest BCUT2D eigenvalue weighted by molar-refractivity contribution is -0.0156. The Morgan fingerprint density at radius 1 is 1.43 bits per heavy atom. The van der Waals surface area contributed by atoms with Crippen LogP contribution < -0.4 is 5.32 Å². The number of unbranched alkanes of at least 4 members (excludes halogenated alkanes) is 3. The van der Waals surface area contributed by atoms with Crippen LogP contribution in [0.5, 0.6) is 0 Å². The second kappa shape index (κ2) is 11.0. The van der Waals surface area contributed by atoms with Gasteiger partial charge in [-0.25, -0.2) is 0 Å². The maximum atomic E-state index is 10.7. The lowest BCUT2D eigenvalue weighted by atomic mass is 9.79. The van der Waals surface area contributed by atoms with E-state index in [9.17, 15) is 5.11 Å². The summed E-state index contributed by atoms with van der Waals surface area (Å²) in [6.45, 7) is 10.4. The monoisotopic (exact) mass is 341 g/mol. The van der Waals surface area contributed by atoms with Gasteiger partial charge in [-0.15, -0.1) is 6.58 Å². The third kappa shape index (κ3) is 6.76. The van der Waals surface area contributed by atoms with Gasteiger partial charge in [0.2, 0.25) is 0 Å². The number of nitrogens with zero attached hydrogens (tertiary/aromatic N) is 2. The van der Waals surface area contributed by atoms with Gasteiger partial charge in [0.05, 0.1) is 12.1 Å². The maximum Gasteiger partial charge on any atom is 0.193 e. The van der Waals surface area contributed by atoms with Crippen LogP contribution in [0.1, 0.15) is 52.4 Å². The second-order valence-electron chi connectivity index (χ2n) is 6.32. The molecule has 0 bridgehead atoms. The predicted octanol–water partition coefficient (Wildman–Crippen LogP) is 3.28. The molecule has 0 amide bonds. The summed E-state index contributed by atoms with van der Waals surface area (Å²) >= 11 is 1.86. The fourth-order valence-electron chi connectivity index (χ4n) is 2.82. The number of hydrogen-bond donors (Lipinski definition) is 2. The first kappa shape index (κ1) is 20.4. The highest BCUT2D eigenvalue weighted by Gasteiger charge is 2.45. The molecule has 0 aromatic rings. The molecule has 4 nitrogen and oxygen atoms in total. The third-order valence-corrected chi connectivity index (χ3v) is 5.82. The topological polar surface area (TPSA) is 47.9 Å². The number of hydrogen-bond acceptors (Lipinski definition) is 3. The van der Waals surface area contributed by atoms with E-state index in [1.54, 1.807) is 0 Å². The molecule has 1 aliphatic carbocycles. The molecule has 1 rings (SSSR count). The number of allylic oxidation sites excluding steroid dienone is 1. The average Bonchev–Trinajstić information content (AvgIpc) is 2.54. The Bertz CT molecular complexity index is 375. The molecular weight excluding hydrogens is 306 g/mol. The van der Waals surface area contributed by atoms with E-state index < -0.39 is 5.60 Å². The average molecular weight is 342 g/mol. The van der Waals surface area contributed by atoms with E-state index in [0.717, 1.165) is 50.5 Å². The second-order valence-corrected chi connectivity index (χ2v) is 7.80. The minimum Gasteiger partial charge on any atom is -0.387 e. The normalized spacial score (nSPS) is 24.2. The van der Waals surface area contributed by atoms with Crippen molar-refractivity contribution in [1.82, 2.24) is 10.2 Å². The molecule has 23 heavy (non-hydrogen) atoms. The number of rotatable bonds is 11. The van der Waals surface area contributed by atoms with Gasteiger partial charge in [0.15, 0.2) is 5.96 Å². The van der Waals surface area contributed by atoms with Crippen molar-refractivity contribution in [3.63, 3.8) is 0 Å². The van der Waals surface area contributed by atoms with Crippen LogP contribution in [0.25, 0.3) is 0 Å². The number of thioether (sulfide) groups is 1. The summed E-state index contributed by atoms with van der Waals surface area (Å²) in [6, 6.07) is 0. The number of guanidine groups is 1. The zero-order valence-electron chi connectivity index (χ0n) is 15.2. The molecule has 0 aliphatic heterocycles. The number of aliphatic hydroxyl groups is 1. The number of aliphatic imine (C=N–C) groups is 1. The van der Waals surface area contributed by atoms with E-state index in [1.807, 2.05) is 17.8 Å². The summed E-state index contributed by atoms with van der Waals surface area (Å²) in [5, 5.41) is 14.4. The van der Waals surface area contributed by atoms with Gasteiger partial charge in [-0.2, -0.15) is 11.8 Å². The lowest BCUT2D eigenvalue weighted by Gasteiger charge is -2.44. The van der Waals surface area contributed by atoms with Crippen LogP contribution in [-0.4, -0.2) is 59.3 Å². The summed E-state index contributed by atoms with van der Waals surface area (Å²) in [5.74, 6) is 1.97. The first-order chi connectivity index (χ1) is 11.1. The molecule has 134 valence electrons. The molecule has 2 unspecified atom stereocenters. The van der Waals surface area contributed by atoms with E-state index in [-0.39, 0.29) is 0 Å². The van der Waals surface area contributed by atoms with E-state index in [0.29, 0.717) is 11.8 Å². The molecule has 0 aromatic carbocycles. The summed E-state index contributed by atoms with van der Waals surface area (Å²) in [7, 11) is 2.08. The van der Waals surface area contributed by atoms with Crippen LogP contribution in [0.15, 0.2) is 17.6 Å². The van der Waals surface area contributed by atoms with Gasteiger partial charge < -0.3 is 15.3 Å². The first-order valence-corrected chi connectivity index (χ1v) is 10.1. The fourth-order valence-corrected chi connectivity index (χ4v) is 4.01. The zero-order valence-corrected chi connectivity index (χ0v) is 16.0. The predicted molar refractivity (Wildman–Crippen MR) is 103 cm³/mol. The minimum absolute atomic E-state index is 0.350. The Morgan fingerprint density at radius 3 is 2.78 bits per heavy atom. The van der Waals surface area contributed by atoms with Gasteiger partial charge in [-0.3, -0.25) is 4.99 Å². The van der Waals surface area contributed by atoms with Crippen LogP contribution in [0.4, 0.5) is 0 Å². The lowest BCUT2D eigenvalue weighted by Crippen LogP contribution is -2.53. The van der Waals surface area contributed by atoms with E-state index >= 15 is 0 Å². The summed E-state index contributed by atoms with van der Waals surface area (Å²) in [5.41, 5.74) is -0.605. The van der Waals surface area contributed by atoms with Crippen LogP contribution in [0.2, 0.25) is 0 Å².